The van der Waals surface area contributed by atoms with E-state index < -0.39 is 0 Å². The molecule has 0 aromatic heterocycles. The Morgan fingerprint density at radius 3 is 1.94 bits per heavy atom. The van der Waals surface area contributed by atoms with E-state index in [1.807, 2.05) is 0 Å². The normalized spacial score (nSPS) is 20.9. The van der Waals surface area contributed by atoms with Crippen LogP contribution in [0, 0.1) is 5.41 Å². The van der Waals surface area contributed by atoms with Gasteiger partial charge in [0.2, 0.25) is 0 Å². The summed E-state index contributed by atoms with van der Waals surface area (Å²) in [6.07, 6.45) is 5.85. The second kappa shape index (κ2) is 5.44. The molecule has 1 fully saturated rings. The fourth-order valence-corrected chi connectivity index (χ4v) is 3.10. The summed E-state index contributed by atoms with van der Waals surface area (Å²) in [5.74, 6) is 0.557. The molecule has 1 aliphatic rings. The molecule has 1 atom stereocenters. The SMILES string of the molecule is CC(C)c1ccc(C(O)C2(C)CCCCC2)cc1. The highest BCUT2D eigenvalue weighted by Crippen LogP contribution is 2.45. The highest BCUT2D eigenvalue weighted by atomic mass is 16.3. The van der Waals surface area contributed by atoms with Gasteiger partial charge in [-0.15, -0.1) is 0 Å². The summed E-state index contributed by atoms with van der Waals surface area (Å²) < 4.78 is 0. The maximum Gasteiger partial charge on any atom is 0.0843 e. The van der Waals surface area contributed by atoms with Crippen LogP contribution in [0.1, 0.15) is 76.0 Å². The molecule has 100 valence electrons. The molecular weight excluding hydrogens is 220 g/mol. The lowest BCUT2D eigenvalue weighted by molar-refractivity contribution is 0.00818. The van der Waals surface area contributed by atoms with Gasteiger partial charge in [0.1, 0.15) is 0 Å². The van der Waals surface area contributed by atoms with Crippen molar-refractivity contribution in [2.75, 3.05) is 0 Å². The summed E-state index contributed by atoms with van der Waals surface area (Å²) in [4.78, 5) is 0. The van der Waals surface area contributed by atoms with Crippen LogP contribution in [-0.4, -0.2) is 5.11 Å². The van der Waals surface area contributed by atoms with Gasteiger partial charge < -0.3 is 5.11 Å². The Morgan fingerprint density at radius 2 is 1.44 bits per heavy atom. The zero-order chi connectivity index (χ0) is 13.2. The summed E-state index contributed by atoms with van der Waals surface area (Å²) in [6.45, 7) is 6.65. The van der Waals surface area contributed by atoms with E-state index in [1.165, 1.54) is 24.8 Å². The van der Waals surface area contributed by atoms with E-state index >= 15 is 0 Å². The highest BCUT2D eigenvalue weighted by Gasteiger charge is 2.35. The molecular formula is C17H26O. The van der Waals surface area contributed by atoms with Gasteiger partial charge in [-0.25, -0.2) is 0 Å². The van der Waals surface area contributed by atoms with Crippen LogP contribution in [0.5, 0.6) is 0 Å². The second-order valence-electron chi connectivity index (χ2n) is 6.44. The minimum atomic E-state index is -0.306. The minimum absolute atomic E-state index is 0.0809. The van der Waals surface area contributed by atoms with E-state index in [-0.39, 0.29) is 11.5 Å². The molecule has 1 N–H and O–H groups in total. The first-order chi connectivity index (χ1) is 8.53. The Kier molecular flexibility index (Phi) is 4.11. The van der Waals surface area contributed by atoms with Crippen LogP contribution in [0.4, 0.5) is 0 Å². The van der Waals surface area contributed by atoms with Gasteiger partial charge in [-0.05, 0) is 35.3 Å². The van der Waals surface area contributed by atoms with E-state index in [4.69, 9.17) is 0 Å². The quantitative estimate of drug-likeness (QED) is 0.811. The largest absolute Gasteiger partial charge is 0.388 e. The van der Waals surface area contributed by atoms with Crippen molar-refractivity contribution in [3.8, 4) is 0 Å². The maximum atomic E-state index is 10.6. The molecule has 0 amide bonds. The lowest BCUT2D eigenvalue weighted by Gasteiger charge is -2.38. The Balaban J connectivity index is 2.15. The molecule has 0 saturated heterocycles. The molecule has 1 heteroatoms. The summed E-state index contributed by atoms with van der Waals surface area (Å²) in [7, 11) is 0. The van der Waals surface area contributed by atoms with Crippen LogP contribution in [0.3, 0.4) is 0 Å². The Morgan fingerprint density at radius 1 is 0.944 bits per heavy atom. The molecule has 0 aliphatic heterocycles. The predicted molar refractivity (Wildman–Crippen MR) is 76.7 cm³/mol. The molecule has 1 unspecified atom stereocenters. The third-order valence-corrected chi connectivity index (χ3v) is 4.57. The third-order valence-electron chi connectivity index (χ3n) is 4.57. The predicted octanol–water partition coefficient (Wildman–Crippen LogP) is 4.81. The van der Waals surface area contributed by atoms with Gasteiger partial charge in [0.05, 0.1) is 6.10 Å². The van der Waals surface area contributed by atoms with Crippen molar-refractivity contribution in [2.24, 2.45) is 5.41 Å². The van der Waals surface area contributed by atoms with Gasteiger partial charge in [0, 0.05) is 0 Å². The van der Waals surface area contributed by atoms with Gasteiger partial charge in [0.25, 0.3) is 0 Å². The maximum absolute atomic E-state index is 10.6. The standard InChI is InChI=1S/C17H26O/c1-13(2)14-7-9-15(10-8-14)16(18)17(3)11-5-4-6-12-17/h7-10,13,16,18H,4-6,11-12H2,1-3H3. The molecule has 18 heavy (non-hydrogen) atoms. The van der Waals surface area contributed by atoms with Gasteiger partial charge in [0.15, 0.2) is 0 Å². The molecule has 0 heterocycles. The van der Waals surface area contributed by atoms with E-state index in [2.05, 4.69) is 45.0 Å². The Hall–Kier alpha value is -0.820. The minimum Gasteiger partial charge on any atom is -0.388 e. The number of hydrogen-bond acceptors (Lipinski definition) is 1. The monoisotopic (exact) mass is 246 g/mol. The summed E-state index contributed by atoms with van der Waals surface area (Å²) in [5, 5.41) is 10.6. The van der Waals surface area contributed by atoms with Crippen LogP contribution >= 0.6 is 0 Å². The summed E-state index contributed by atoms with van der Waals surface area (Å²) in [6, 6.07) is 8.55. The van der Waals surface area contributed by atoms with Crippen molar-refractivity contribution >= 4 is 0 Å². The van der Waals surface area contributed by atoms with Crippen LogP contribution < -0.4 is 0 Å². The topological polar surface area (TPSA) is 20.2 Å². The zero-order valence-corrected chi connectivity index (χ0v) is 11.9. The van der Waals surface area contributed by atoms with E-state index in [0.717, 1.165) is 18.4 Å². The van der Waals surface area contributed by atoms with Gasteiger partial charge in [-0.3, -0.25) is 0 Å². The molecule has 0 spiro atoms. The molecule has 1 nitrogen and oxygen atoms in total. The van der Waals surface area contributed by atoms with Gasteiger partial charge >= 0.3 is 0 Å². The number of hydrogen-bond donors (Lipinski definition) is 1. The Labute approximate surface area is 111 Å². The summed E-state index contributed by atoms with van der Waals surface area (Å²) in [5.41, 5.74) is 2.51. The first kappa shape index (κ1) is 13.6. The Bertz CT molecular complexity index is 371. The molecule has 1 aliphatic carbocycles. The molecule has 1 aromatic carbocycles. The number of rotatable bonds is 3. The first-order valence-corrected chi connectivity index (χ1v) is 7.31. The van der Waals surface area contributed by atoms with Gasteiger partial charge in [-0.2, -0.15) is 0 Å². The van der Waals surface area contributed by atoms with Crippen molar-refractivity contribution in [3.05, 3.63) is 35.4 Å². The molecule has 0 radical (unpaired) electrons. The van der Waals surface area contributed by atoms with E-state index in [1.54, 1.807) is 0 Å². The highest BCUT2D eigenvalue weighted by molar-refractivity contribution is 5.27. The lowest BCUT2D eigenvalue weighted by Crippen LogP contribution is -2.28. The van der Waals surface area contributed by atoms with Crippen LogP contribution in [0.2, 0.25) is 0 Å². The van der Waals surface area contributed by atoms with Crippen LogP contribution in [0.15, 0.2) is 24.3 Å². The zero-order valence-electron chi connectivity index (χ0n) is 11.9. The third kappa shape index (κ3) is 2.77. The lowest BCUT2D eigenvalue weighted by atomic mass is 9.70. The second-order valence-corrected chi connectivity index (χ2v) is 6.44. The molecule has 1 saturated carbocycles. The smallest absolute Gasteiger partial charge is 0.0843 e. The van der Waals surface area contributed by atoms with E-state index in [0.29, 0.717) is 5.92 Å². The fraction of sp³-hybridized carbons (Fsp3) is 0.647. The summed E-state index contributed by atoms with van der Waals surface area (Å²) >= 11 is 0. The average Bonchev–Trinajstić information content (AvgIpc) is 2.39. The average molecular weight is 246 g/mol. The van der Waals surface area contributed by atoms with Crippen molar-refractivity contribution in [1.29, 1.82) is 0 Å². The van der Waals surface area contributed by atoms with Crippen molar-refractivity contribution in [1.82, 2.24) is 0 Å². The first-order valence-electron chi connectivity index (χ1n) is 7.31. The van der Waals surface area contributed by atoms with Crippen LogP contribution in [-0.2, 0) is 0 Å². The molecule has 0 bridgehead atoms. The van der Waals surface area contributed by atoms with E-state index in [9.17, 15) is 5.11 Å². The van der Waals surface area contributed by atoms with Crippen molar-refractivity contribution in [2.45, 2.75) is 64.9 Å². The number of benzene rings is 1. The van der Waals surface area contributed by atoms with Gasteiger partial charge in [-0.1, -0.05) is 64.3 Å². The van der Waals surface area contributed by atoms with Crippen LogP contribution in [0.25, 0.3) is 0 Å². The molecule has 2 rings (SSSR count). The fourth-order valence-electron chi connectivity index (χ4n) is 3.10. The van der Waals surface area contributed by atoms with Crippen molar-refractivity contribution in [3.63, 3.8) is 0 Å². The molecule has 1 aromatic rings. The number of aliphatic hydroxyl groups excluding tert-OH is 1. The number of aliphatic hydroxyl groups is 1. The van der Waals surface area contributed by atoms with Crippen molar-refractivity contribution < 1.29 is 5.11 Å².